The lowest BCUT2D eigenvalue weighted by molar-refractivity contribution is 0.203. The fourth-order valence-electron chi connectivity index (χ4n) is 1.53. The van der Waals surface area contributed by atoms with Crippen molar-refractivity contribution in [2.75, 3.05) is 25.2 Å². The van der Waals surface area contributed by atoms with Crippen molar-refractivity contribution in [2.24, 2.45) is 5.73 Å². The minimum absolute atomic E-state index is 0.369. The van der Waals surface area contributed by atoms with E-state index in [1.54, 1.807) is 13.3 Å². The maximum absolute atomic E-state index is 5.54. The fraction of sp³-hybridized carbons (Fsp3) is 0.500. The van der Waals surface area contributed by atoms with Gasteiger partial charge < -0.3 is 15.4 Å². The van der Waals surface area contributed by atoms with E-state index in [4.69, 9.17) is 22.7 Å². The number of anilines is 1. The summed E-state index contributed by atoms with van der Waals surface area (Å²) < 4.78 is 5.10. The van der Waals surface area contributed by atoms with Crippen LogP contribution in [0.4, 0.5) is 5.82 Å². The number of pyridine rings is 1. The number of thiocarbonyl (C=S) groups is 1. The van der Waals surface area contributed by atoms with Gasteiger partial charge in [-0.2, -0.15) is 0 Å². The maximum atomic E-state index is 5.54. The zero-order chi connectivity index (χ0) is 12.8. The van der Waals surface area contributed by atoms with E-state index < -0.39 is 0 Å². The van der Waals surface area contributed by atoms with E-state index >= 15 is 0 Å². The van der Waals surface area contributed by atoms with Gasteiger partial charge in [-0.3, -0.25) is 0 Å². The van der Waals surface area contributed by atoms with Gasteiger partial charge in [-0.1, -0.05) is 12.2 Å². The minimum atomic E-state index is 0.369. The van der Waals surface area contributed by atoms with Crippen LogP contribution >= 0.6 is 12.2 Å². The van der Waals surface area contributed by atoms with Crippen LogP contribution in [0, 0.1) is 0 Å². The second-order valence-electron chi connectivity index (χ2n) is 4.05. The van der Waals surface area contributed by atoms with E-state index in [0.717, 1.165) is 17.9 Å². The smallest absolute Gasteiger partial charge is 0.128 e. The Morgan fingerprint density at radius 3 is 2.65 bits per heavy atom. The van der Waals surface area contributed by atoms with Crippen LogP contribution in [-0.4, -0.2) is 36.3 Å². The highest BCUT2D eigenvalue weighted by atomic mass is 32.1. The summed E-state index contributed by atoms with van der Waals surface area (Å²) in [4.78, 5) is 6.92. The van der Waals surface area contributed by atoms with E-state index in [0.29, 0.717) is 17.6 Å². The van der Waals surface area contributed by atoms with E-state index in [2.05, 4.69) is 23.7 Å². The highest BCUT2D eigenvalue weighted by Gasteiger charge is 2.11. The molecule has 4 nitrogen and oxygen atoms in total. The number of ether oxygens (including phenoxy) is 1. The Kier molecular flexibility index (Phi) is 5.31. The third-order valence-corrected chi connectivity index (χ3v) is 2.72. The molecule has 1 rings (SSSR count). The molecule has 1 heterocycles. The predicted molar refractivity (Wildman–Crippen MR) is 74.5 cm³/mol. The molecule has 0 aliphatic heterocycles. The maximum Gasteiger partial charge on any atom is 0.128 e. The van der Waals surface area contributed by atoms with Gasteiger partial charge in [0.05, 0.1) is 6.61 Å². The largest absolute Gasteiger partial charge is 0.389 e. The summed E-state index contributed by atoms with van der Waals surface area (Å²) in [6.07, 6.45) is 1.71. The van der Waals surface area contributed by atoms with Gasteiger partial charge in [-0.05, 0) is 26.0 Å². The average Bonchev–Trinajstić information content (AvgIpc) is 2.29. The molecule has 0 amide bonds. The minimum Gasteiger partial charge on any atom is -0.389 e. The topological polar surface area (TPSA) is 51.4 Å². The number of aromatic nitrogens is 1. The van der Waals surface area contributed by atoms with Crippen LogP contribution in [0.2, 0.25) is 0 Å². The average molecular weight is 253 g/mol. The summed E-state index contributed by atoms with van der Waals surface area (Å²) in [6, 6.07) is 4.20. The van der Waals surface area contributed by atoms with Gasteiger partial charge in [0.25, 0.3) is 0 Å². The highest BCUT2D eigenvalue weighted by molar-refractivity contribution is 7.80. The van der Waals surface area contributed by atoms with Gasteiger partial charge >= 0.3 is 0 Å². The summed E-state index contributed by atoms with van der Waals surface area (Å²) in [5.74, 6) is 0.914. The molecule has 0 saturated carbocycles. The van der Waals surface area contributed by atoms with Crippen LogP contribution in [0.1, 0.15) is 19.4 Å². The fourth-order valence-corrected chi connectivity index (χ4v) is 1.65. The SMILES string of the molecule is COCCN(c1ccc(C(N)=S)cn1)C(C)C. The molecule has 0 fully saturated rings. The molecular formula is C12H19N3OS. The monoisotopic (exact) mass is 253 g/mol. The van der Waals surface area contributed by atoms with Gasteiger partial charge in [-0.25, -0.2) is 4.98 Å². The van der Waals surface area contributed by atoms with Crippen molar-refractivity contribution in [3.05, 3.63) is 23.9 Å². The van der Waals surface area contributed by atoms with E-state index in [1.807, 2.05) is 12.1 Å². The van der Waals surface area contributed by atoms with Crippen molar-refractivity contribution < 1.29 is 4.74 Å². The molecule has 0 aromatic carbocycles. The first-order valence-corrected chi connectivity index (χ1v) is 5.98. The molecule has 0 bridgehead atoms. The van der Waals surface area contributed by atoms with Crippen molar-refractivity contribution in [2.45, 2.75) is 19.9 Å². The normalized spacial score (nSPS) is 10.6. The van der Waals surface area contributed by atoms with E-state index in [-0.39, 0.29) is 0 Å². The Balaban J connectivity index is 2.83. The number of nitrogens with zero attached hydrogens (tertiary/aromatic N) is 2. The number of nitrogens with two attached hydrogens (primary N) is 1. The third kappa shape index (κ3) is 3.94. The Morgan fingerprint density at radius 2 is 2.24 bits per heavy atom. The summed E-state index contributed by atoms with van der Waals surface area (Å²) in [6.45, 7) is 5.74. The molecule has 0 unspecified atom stereocenters. The number of hydrogen-bond acceptors (Lipinski definition) is 4. The number of rotatable bonds is 6. The second kappa shape index (κ2) is 6.51. The number of methoxy groups -OCH3 is 1. The molecule has 0 aliphatic carbocycles. The first-order valence-electron chi connectivity index (χ1n) is 5.57. The molecule has 1 aromatic heterocycles. The first kappa shape index (κ1) is 13.9. The summed E-state index contributed by atoms with van der Waals surface area (Å²) >= 11 is 4.90. The van der Waals surface area contributed by atoms with Crippen LogP contribution in [0.15, 0.2) is 18.3 Å². The number of hydrogen-bond donors (Lipinski definition) is 1. The van der Waals surface area contributed by atoms with Crippen molar-refractivity contribution >= 4 is 23.0 Å². The van der Waals surface area contributed by atoms with Crippen LogP contribution in [0.5, 0.6) is 0 Å². The van der Waals surface area contributed by atoms with Gasteiger partial charge in [0, 0.05) is 31.5 Å². The quantitative estimate of drug-likeness (QED) is 0.780. The Morgan fingerprint density at radius 1 is 1.53 bits per heavy atom. The molecule has 0 spiro atoms. The Bertz CT molecular complexity index is 365. The van der Waals surface area contributed by atoms with E-state index in [1.165, 1.54) is 0 Å². The first-order chi connectivity index (χ1) is 8.06. The zero-order valence-corrected chi connectivity index (χ0v) is 11.3. The molecule has 0 radical (unpaired) electrons. The van der Waals surface area contributed by atoms with Gasteiger partial charge in [-0.15, -0.1) is 0 Å². The Labute approximate surface area is 108 Å². The molecule has 2 N–H and O–H groups in total. The molecule has 0 atom stereocenters. The van der Waals surface area contributed by atoms with E-state index in [9.17, 15) is 0 Å². The van der Waals surface area contributed by atoms with Crippen LogP contribution in [0.25, 0.3) is 0 Å². The van der Waals surface area contributed by atoms with Gasteiger partial charge in [0.1, 0.15) is 10.8 Å². The summed E-state index contributed by atoms with van der Waals surface area (Å²) in [5.41, 5.74) is 6.33. The zero-order valence-electron chi connectivity index (χ0n) is 10.5. The van der Waals surface area contributed by atoms with Gasteiger partial charge in [0.15, 0.2) is 0 Å². The lowest BCUT2D eigenvalue weighted by atomic mass is 10.2. The summed E-state index contributed by atoms with van der Waals surface area (Å²) in [7, 11) is 1.70. The van der Waals surface area contributed by atoms with Gasteiger partial charge in [0.2, 0.25) is 0 Å². The van der Waals surface area contributed by atoms with Crippen LogP contribution in [0.3, 0.4) is 0 Å². The molecule has 94 valence electrons. The second-order valence-corrected chi connectivity index (χ2v) is 4.49. The van der Waals surface area contributed by atoms with Crippen LogP contribution < -0.4 is 10.6 Å². The molecule has 1 aromatic rings. The lowest BCUT2D eigenvalue weighted by Crippen LogP contribution is -2.34. The predicted octanol–water partition coefficient (Wildman–Crippen LogP) is 1.58. The summed E-state index contributed by atoms with van der Waals surface area (Å²) in [5, 5.41) is 0. The standard InChI is InChI=1S/C12H19N3OS/c1-9(2)15(6-7-16-3)11-5-4-10(8-14-11)12(13)17/h4-5,8-9H,6-7H2,1-3H3,(H2,13,17). The molecule has 5 heteroatoms. The lowest BCUT2D eigenvalue weighted by Gasteiger charge is -2.27. The molecular weight excluding hydrogens is 234 g/mol. The molecule has 17 heavy (non-hydrogen) atoms. The molecule has 0 aliphatic rings. The van der Waals surface area contributed by atoms with Crippen molar-refractivity contribution in [1.82, 2.24) is 4.98 Å². The highest BCUT2D eigenvalue weighted by Crippen LogP contribution is 2.14. The molecule has 0 saturated heterocycles. The Hall–Kier alpha value is -1.20. The van der Waals surface area contributed by atoms with Crippen molar-refractivity contribution in [3.8, 4) is 0 Å². The van der Waals surface area contributed by atoms with Crippen LogP contribution in [-0.2, 0) is 4.74 Å². The van der Waals surface area contributed by atoms with Crippen molar-refractivity contribution in [3.63, 3.8) is 0 Å². The third-order valence-electron chi connectivity index (χ3n) is 2.49. The van der Waals surface area contributed by atoms with Crippen molar-refractivity contribution in [1.29, 1.82) is 0 Å².